The third-order valence-electron chi connectivity index (χ3n) is 3.44. The molecule has 1 fully saturated rings. The van der Waals surface area contributed by atoms with Gasteiger partial charge in [-0.3, -0.25) is 0 Å². The Balaban J connectivity index is 2.01. The van der Waals surface area contributed by atoms with Gasteiger partial charge in [-0.2, -0.15) is 11.8 Å². The number of rotatable bonds is 3. The Hall–Kier alpha value is -0.180. The largest absolute Gasteiger partial charge is 0.306 e. The number of thioether (sulfide) groups is 1. The maximum Gasteiger partial charge on any atom is 0.0453 e. The van der Waals surface area contributed by atoms with Crippen LogP contribution >= 0.6 is 23.4 Å². The second-order valence-corrected chi connectivity index (χ2v) is 6.63. The molecule has 0 bridgehead atoms. The van der Waals surface area contributed by atoms with Gasteiger partial charge in [-0.1, -0.05) is 36.7 Å². The minimum absolute atomic E-state index is 0.329. The first-order valence-electron chi connectivity index (χ1n) is 6.30. The van der Waals surface area contributed by atoms with E-state index in [1.54, 1.807) is 0 Å². The van der Waals surface area contributed by atoms with Gasteiger partial charge < -0.3 is 5.32 Å². The van der Waals surface area contributed by atoms with Crippen molar-refractivity contribution in [2.45, 2.75) is 44.0 Å². The van der Waals surface area contributed by atoms with E-state index in [0.717, 1.165) is 5.02 Å². The third-order valence-corrected chi connectivity index (χ3v) is 5.17. The predicted molar refractivity (Wildman–Crippen MR) is 77.9 cm³/mol. The summed E-state index contributed by atoms with van der Waals surface area (Å²) >= 11 is 8.30. The van der Waals surface area contributed by atoms with Crippen LogP contribution < -0.4 is 5.32 Å². The first kappa shape index (κ1) is 13.3. The number of nitrogens with one attached hydrogen (secondary N) is 1. The molecule has 1 aliphatic heterocycles. The molecular weight excluding hydrogens is 250 g/mol. The minimum Gasteiger partial charge on any atom is -0.306 e. The van der Waals surface area contributed by atoms with Gasteiger partial charge in [-0.15, -0.1) is 0 Å². The minimum atomic E-state index is 0.329. The number of hydrogen-bond donors (Lipinski definition) is 1. The molecule has 0 spiro atoms. The Kier molecular flexibility index (Phi) is 4.78. The summed E-state index contributed by atoms with van der Waals surface area (Å²) in [5, 5.41) is 5.29. The van der Waals surface area contributed by atoms with Crippen LogP contribution in [0.5, 0.6) is 0 Å². The van der Waals surface area contributed by atoms with E-state index >= 15 is 0 Å². The van der Waals surface area contributed by atoms with Gasteiger partial charge in [0.05, 0.1) is 0 Å². The van der Waals surface area contributed by atoms with Gasteiger partial charge >= 0.3 is 0 Å². The lowest BCUT2D eigenvalue weighted by molar-refractivity contribution is 0.417. The third kappa shape index (κ3) is 3.40. The predicted octanol–water partition coefficient (Wildman–Crippen LogP) is 4.27. The van der Waals surface area contributed by atoms with E-state index in [-0.39, 0.29) is 0 Å². The Morgan fingerprint density at radius 3 is 2.88 bits per heavy atom. The molecule has 1 saturated heterocycles. The van der Waals surface area contributed by atoms with Crippen LogP contribution in [0.3, 0.4) is 0 Å². The summed E-state index contributed by atoms with van der Waals surface area (Å²) in [4.78, 5) is 0. The highest BCUT2D eigenvalue weighted by molar-refractivity contribution is 7.99. The lowest BCUT2D eigenvalue weighted by Gasteiger charge is -2.32. The summed E-state index contributed by atoms with van der Waals surface area (Å²) in [6.45, 7) is 4.52. The van der Waals surface area contributed by atoms with Gasteiger partial charge in [0, 0.05) is 22.4 Å². The molecule has 0 radical (unpaired) electrons. The average Bonchev–Trinajstić information content (AvgIpc) is 2.32. The maximum absolute atomic E-state index is 6.23. The van der Waals surface area contributed by atoms with Crippen LogP contribution in [-0.2, 0) is 0 Å². The second kappa shape index (κ2) is 6.12. The summed E-state index contributed by atoms with van der Waals surface area (Å²) in [5.74, 6) is 1.31. The summed E-state index contributed by atoms with van der Waals surface area (Å²) in [6.07, 6.45) is 2.60. The first-order chi connectivity index (χ1) is 8.18. The van der Waals surface area contributed by atoms with Crippen molar-refractivity contribution in [1.82, 2.24) is 5.32 Å². The molecule has 0 saturated carbocycles. The fourth-order valence-corrected chi connectivity index (χ4v) is 3.83. The summed E-state index contributed by atoms with van der Waals surface area (Å²) in [5.41, 5.74) is 1.21. The van der Waals surface area contributed by atoms with Gasteiger partial charge in [-0.05, 0) is 37.1 Å². The number of benzene rings is 1. The van der Waals surface area contributed by atoms with Crippen molar-refractivity contribution in [2.75, 3.05) is 5.75 Å². The van der Waals surface area contributed by atoms with Crippen LogP contribution in [0.1, 0.15) is 38.3 Å². The molecule has 1 aliphatic rings. The van der Waals surface area contributed by atoms with Crippen LogP contribution in [0.25, 0.3) is 0 Å². The zero-order chi connectivity index (χ0) is 12.3. The van der Waals surface area contributed by atoms with Crippen LogP contribution in [0.4, 0.5) is 0 Å². The SMILES string of the molecule is CC(NC1CCCSC1C)c1ccccc1Cl. The van der Waals surface area contributed by atoms with E-state index in [1.807, 2.05) is 12.1 Å². The van der Waals surface area contributed by atoms with Gasteiger partial charge in [0.15, 0.2) is 0 Å². The molecule has 1 aromatic rings. The van der Waals surface area contributed by atoms with Gasteiger partial charge in [0.2, 0.25) is 0 Å². The van der Waals surface area contributed by atoms with Gasteiger partial charge in [0.25, 0.3) is 0 Å². The smallest absolute Gasteiger partial charge is 0.0453 e. The Morgan fingerprint density at radius 1 is 1.41 bits per heavy atom. The van der Waals surface area contributed by atoms with E-state index in [1.165, 1.54) is 24.2 Å². The highest BCUT2D eigenvalue weighted by atomic mass is 35.5. The Bertz CT molecular complexity index is 369. The summed E-state index contributed by atoms with van der Waals surface area (Å²) in [7, 11) is 0. The molecule has 0 amide bonds. The molecule has 2 rings (SSSR count). The van der Waals surface area contributed by atoms with Crippen LogP contribution in [0.15, 0.2) is 24.3 Å². The normalized spacial score (nSPS) is 26.8. The van der Waals surface area contributed by atoms with Crippen LogP contribution in [0.2, 0.25) is 5.02 Å². The maximum atomic E-state index is 6.23. The lowest BCUT2D eigenvalue weighted by Crippen LogP contribution is -2.40. The number of halogens is 1. The molecular formula is C14H20ClNS. The first-order valence-corrected chi connectivity index (χ1v) is 7.73. The molecule has 3 atom stereocenters. The monoisotopic (exact) mass is 269 g/mol. The fourth-order valence-electron chi connectivity index (χ4n) is 2.38. The lowest BCUT2D eigenvalue weighted by atomic mass is 10.0. The molecule has 3 heteroatoms. The Morgan fingerprint density at radius 2 is 2.18 bits per heavy atom. The molecule has 1 heterocycles. The number of hydrogen-bond acceptors (Lipinski definition) is 2. The Labute approximate surface area is 113 Å². The van der Waals surface area contributed by atoms with Crippen molar-refractivity contribution in [1.29, 1.82) is 0 Å². The van der Waals surface area contributed by atoms with Crippen LogP contribution in [0, 0.1) is 0 Å². The van der Waals surface area contributed by atoms with Crippen molar-refractivity contribution < 1.29 is 0 Å². The molecule has 0 aromatic heterocycles. The molecule has 1 aromatic carbocycles. The summed E-state index contributed by atoms with van der Waals surface area (Å²) < 4.78 is 0. The molecule has 3 unspecified atom stereocenters. The highest BCUT2D eigenvalue weighted by Gasteiger charge is 2.23. The van der Waals surface area contributed by atoms with Crippen molar-refractivity contribution >= 4 is 23.4 Å². The van der Waals surface area contributed by atoms with E-state index < -0.39 is 0 Å². The van der Waals surface area contributed by atoms with Crippen molar-refractivity contribution in [3.05, 3.63) is 34.9 Å². The molecule has 94 valence electrons. The van der Waals surface area contributed by atoms with Gasteiger partial charge in [-0.25, -0.2) is 0 Å². The fraction of sp³-hybridized carbons (Fsp3) is 0.571. The van der Waals surface area contributed by atoms with E-state index in [9.17, 15) is 0 Å². The molecule has 1 N–H and O–H groups in total. The van der Waals surface area contributed by atoms with Crippen molar-refractivity contribution in [2.24, 2.45) is 0 Å². The molecule has 17 heavy (non-hydrogen) atoms. The quantitative estimate of drug-likeness (QED) is 0.879. The standard InChI is InChI=1S/C14H20ClNS/c1-10(12-6-3-4-7-13(12)15)16-14-8-5-9-17-11(14)2/h3-4,6-7,10-11,14,16H,5,8-9H2,1-2H3. The molecule has 0 aliphatic carbocycles. The van der Waals surface area contributed by atoms with Gasteiger partial charge in [0.1, 0.15) is 0 Å². The van der Waals surface area contributed by atoms with E-state index in [2.05, 4.69) is 43.1 Å². The van der Waals surface area contributed by atoms with E-state index in [4.69, 9.17) is 11.6 Å². The zero-order valence-corrected chi connectivity index (χ0v) is 12.0. The average molecular weight is 270 g/mol. The van der Waals surface area contributed by atoms with Crippen molar-refractivity contribution in [3.63, 3.8) is 0 Å². The van der Waals surface area contributed by atoms with E-state index in [0.29, 0.717) is 17.3 Å². The highest BCUT2D eigenvalue weighted by Crippen LogP contribution is 2.28. The summed E-state index contributed by atoms with van der Waals surface area (Å²) in [6, 6.07) is 9.06. The topological polar surface area (TPSA) is 12.0 Å². The van der Waals surface area contributed by atoms with Crippen LogP contribution in [-0.4, -0.2) is 17.0 Å². The zero-order valence-electron chi connectivity index (χ0n) is 10.4. The molecule has 1 nitrogen and oxygen atoms in total. The van der Waals surface area contributed by atoms with Crippen molar-refractivity contribution in [3.8, 4) is 0 Å². The second-order valence-electron chi connectivity index (χ2n) is 4.73.